The summed E-state index contributed by atoms with van der Waals surface area (Å²) in [6, 6.07) is 15.2. The van der Waals surface area contributed by atoms with Crippen molar-refractivity contribution in [1.82, 2.24) is 4.90 Å². The highest BCUT2D eigenvalue weighted by Crippen LogP contribution is 2.41. The summed E-state index contributed by atoms with van der Waals surface area (Å²) in [4.78, 5) is 29.6. The van der Waals surface area contributed by atoms with Gasteiger partial charge in [-0.05, 0) is 36.5 Å². The van der Waals surface area contributed by atoms with Crippen LogP contribution in [0.4, 0.5) is 16.2 Å². The molecule has 6 heteroatoms. The van der Waals surface area contributed by atoms with Crippen molar-refractivity contribution in [3.63, 3.8) is 0 Å². The Morgan fingerprint density at radius 1 is 1.04 bits per heavy atom. The molecule has 2 aliphatic heterocycles. The van der Waals surface area contributed by atoms with Crippen LogP contribution in [-0.2, 0) is 10.5 Å². The average Bonchev–Trinajstić information content (AvgIpc) is 2.67. The highest BCUT2D eigenvalue weighted by atomic mass is 16.3. The molecule has 28 heavy (non-hydrogen) atoms. The predicted molar refractivity (Wildman–Crippen MR) is 108 cm³/mol. The standard InChI is InChI=1S/C22H25N3O3/c1-15-12-16(2)14-24(13-15)20(26)22(28)18-10-6-7-11-19(18)23-21(27)25(22)17-8-4-3-5-9-17/h3-11,15-16,28H,12-14H2,1-2H3,(H,23,27). The van der Waals surface area contributed by atoms with E-state index in [1.54, 1.807) is 53.4 Å². The van der Waals surface area contributed by atoms with Gasteiger partial charge in [-0.3, -0.25) is 9.69 Å². The second-order valence-corrected chi connectivity index (χ2v) is 7.98. The fourth-order valence-corrected chi connectivity index (χ4v) is 4.48. The Labute approximate surface area is 164 Å². The van der Waals surface area contributed by atoms with Crippen molar-refractivity contribution in [2.75, 3.05) is 23.3 Å². The van der Waals surface area contributed by atoms with Crippen LogP contribution in [0.15, 0.2) is 54.6 Å². The summed E-state index contributed by atoms with van der Waals surface area (Å²) in [6.07, 6.45) is 1.04. The fourth-order valence-electron chi connectivity index (χ4n) is 4.48. The van der Waals surface area contributed by atoms with E-state index in [2.05, 4.69) is 19.2 Å². The predicted octanol–water partition coefficient (Wildman–Crippen LogP) is 3.39. The van der Waals surface area contributed by atoms with Crippen LogP contribution in [0, 0.1) is 11.8 Å². The molecule has 146 valence electrons. The Kier molecular flexibility index (Phi) is 4.59. The number of carbonyl (C=O) groups is 2. The summed E-state index contributed by atoms with van der Waals surface area (Å²) in [7, 11) is 0. The zero-order valence-corrected chi connectivity index (χ0v) is 16.1. The van der Waals surface area contributed by atoms with Crippen molar-refractivity contribution in [3.05, 3.63) is 60.2 Å². The number of anilines is 2. The number of nitrogens with zero attached hydrogens (tertiary/aromatic N) is 2. The third kappa shape index (κ3) is 2.94. The fraction of sp³-hybridized carbons (Fsp3) is 0.364. The molecule has 3 unspecified atom stereocenters. The third-order valence-electron chi connectivity index (χ3n) is 5.54. The van der Waals surface area contributed by atoms with Crippen LogP contribution < -0.4 is 10.2 Å². The van der Waals surface area contributed by atoms with E-state index >= 15 is 0 Å². The van der Waals surface area contributed by atoms with Crippen molar-refractivity contribution < 1.29 is 14.7 Å². The zero-order valence-electron chi connectivity index (χ0n) is 16.1. The minimum Gasteiger partial charge on any atom is -0.359 e. The topological polar surface area (TPSA) is 72.9 Å². The smallest absolute Gasteiger partial charge is 0.329 e. The van der Waals surface area contributed by atoms with E-state index in [0.29, 0.717) is 41.9 Å². The third-order valence-corrected chi connectivity index (χ3v) is 5.54. The van der Waals surface area contributed by atoms with Crippen molar-refractivity contribution in [3.8, 4) is 0 Å². The lowest BCUT2D eigenvalue weighted by molar-refractivity contribution is -0.154. The average molecular weight is 379 g/mol. The molecule has 4 rings (SSSR count). The van der Waals surface area contributed by atoms with Gasteiger partial charge in [-0.2, -0.15) is 0 Å². The molecule has 2 aromatic carbocycles. The number of aliphatic hydroxyl groups is 1. The van der Waals surface area contributed by atoms with Crippen molar-refractivity contribution >= 4 is 23.3 Å². The molecule has 0 aromatic heterocycles. The number of hydrogen-bond acceptors (Lipinski definition) is 3. The number of hydrogen-bond donors (Lipinski definition) is 2. The normalized spacial score (nSPS) is 27.2. The number of urea groups is 1. The van der Waals surface area contributed by atoms with Gasteiger partial charge in [-0.15, -0.1) is 0 Å². The first kappa shape index (κ1) is 18.5. The molecular weight excluding hydrogens is 354 g/mol. The summed E-state index contributed by atoms with van der Waals surface area (Å²) in [5, 5.41) is 14.7. The maximum atomic E-state index is 13.7. The first-order valence-corrected chi connectivity index (χ1v) is 9.68. The van der Waals surface area contributed by atoms with Crippen LogP contribution in [0.1, 0.15) is 25.8 Å². The number of carbonyl (C=O) groups excluding carboxylic acids is 2. The summed E-state index contributed by atoms with van der Waals surface area (Å²) >= 11 is 0. The Bertz CT molecular complexity index is 891. The van der Waals surface area contributed by atoms with Crippen LogP contribution in [0.3, 0.4) is 0 Å². The molecule has 0 aliphatic carbocycles. The first-order valence-electron chi connectivity index (χ1n) is 9.68. The van der Waals surface area contributed by atoms with Gasteiger partial charge < -0.3 is 15.3 Å². The van der Waals surface area contributed by atoms with Crippen LogP contribution in [0.25, 0.3) is 0 Å². The van der Waals surface area contributed by atoms with Crippen LogP contribution in [0.5, 0.6) is 0 Å². The monoisotopic (exact) mass is 379 g/mol. The quantitative estimate of drug-likeness (QED) is 0.840. The van der Waals surface area contributed by atoms with Gasteiger partial charge in [0.25, 0.3) is 11.6 Å². The van der Waals surface area contributed by atoms with Crippen LogP contribution in [-0.4, -0.2) is 35.0 Å². The highest BCUT2D eigenvalue weighted by molar-refractivity contribution is 6.11. The van der Waals surface area contributed by atoms with Gasteiger partial charge in [0, 0.05) is 24.3 Å². The number of rotatable bonds is 2. The van der Waals surface area contributed by atoms with E-state index in [1.807, 2.05) is 6.07 Å². The van der Waals surface area contributed by atoms with Crippen molar-refractivity contribution in [2.45, 2.75) is 26.0 Å². The Morgan fingerprint density at radius 2 is 1.64 bits per heavy atom. The largest absolute Gasteiger partial charge is 0.359 e. The van der Waals surface area contributed by atoms with E-state index in [9.17, 15) is 14.7 Å². The number of likely N-dealkylation sites (tertiary alicyclic amines) is 1. The van der Waals surface area contributed by atoms with Gasteiger partial charge in [-0.1, -0.05) is 50.2 Å². The van der Waals surface area contributed by atoms with E-state index in [1.165, 1.54) is 4.90 Å². The highest BCUT2D eigenvalue weighted by Gasteiger charge is 2.54. The minimum atomic E-state index is -2.10. The molecule has 3 amide bonds. The Morgan fingerprint density at radius 3 is 2.32 bits per heavy atom. The lowest BCUT2D eigenvalue weighted by Crippen LogP contribution is -2.64. The van der Waals surface area contributed by atoms with Crippen LogP contribution in [0.2, 0.25) is 0 Å². The molecule has 6 nitrogen and oxygen atoms in total. The van der Waals surface area contributed by atoms with Gasteiger partial charge in [-0.25, -0.2) is 4.79 Å². The number of amides is 3. The first-order chi connectivity index (χ1) is 13.4. The maximum absolute atomic E-state index is 13.7. The Hall–Kier alpha value is -2.86. The number of para-hydroxylation sites is 2. The zero-order chi connectivity index (χ0) is 19.9. The summed E-state index contributed by atoms with van der Waals surface area (Å²) < 4.78 is 0. The molecule has 1 saturated heterocycles. The number of fused-ring (bicyclic) bond motifs is 1. The van der Waals surface area contributed by atoms with Gasteiger partial charge >= 0.3 is 6.03 Å². The van der Waals surface area contributed by atoms with E-state index in [0.717, 1.165) is 6.42 Å². The molecular formula is C22H25N3O3. The van der Waals surface area contributed by atoms with E-state index < -0.39 is 17.7 Å². The van der Waals surface area contributed by atoms with E-state index in [4.69, 9.17) is 0 Å². The van der Waals surface area contributed by atoms with Gasteiger partial charge in [0.2, 0.25) is 0 Å². The molecule has 0 spiro atoms. The SMILES string of the molecule is CC1CC(C)CN(C(=O)C2(O)c3ccccc3NC(=O)N2c2ccccc2)C1. The number of nitrogens with one attached hydrogen (secondary N) is 1. The molecule has 2 heterocycles. The van der Waals surface area contributed by atoms with E-state index in [-0.39, 0.29) is 0 Å². The minimum absolute atomic E-state index is 0.342. The molecule has 2 aromatic rings. The van der Waals surface area contributed by atoms with Crippen molar-refractivity contribution in [1.29, 1.82) is 0 Å². The second-order valence-electron chi connectivity index (χ2n) is 7.98. The lowest BCUT2D eigenvalue weighted by atomic mass is 9.89. The summed E-state index contributed by atoms with van der Waals surface area (Å²) in [5.41, 5.74) is -0.803. The molecule has 2 aliphatic rings. The second kappa shape index (κ2) is 6.95. The molecule has 0 bridgehead atoms. The molecule has 3 atom stereocenters. The number of piperidine rings is 1. The lowest BCUT2D eigenvalue weighted by Gasteiger charge is -2.46. The van der Waals surface area contributed by atoms with Crippen molar-refractivity contribution in [2.24, 2.45) is 11.8 Å². The maximum Gasteiger partial charge on any atom is 0.329 e. The summed E-state index contributed by atoms with van der Waals surface area (Å²) in [5.74, 6) is 0.223. The molecule has 2 N–H and O–H groups in total. The molecule has 0 radical (unpaired) electrons. The van der Waals surface area contributed by atoms with Gasteiger partial charge in [0.15, 0.2) is 0 Å². The molecule has 1 fully saturated rings. The molecule has 0 saturated carbocycles. The van der Waals surface area contributed by atoms with Gasteiger partial charge in [0.1, 0.15) is 0 Å². The Balaban J connectivity index is 1.85. The van der Waals surface area contributed by atoms with Crippen LogP contribution >= 0.6 is 0 Å². The van der Waals surface area contributed by atoms with Gasteiger partial charge in [0.05, 0.1) is 5.69 Å². The number of benzene rings is 2. The summed E-state index contributed by atoms with van der Waals surface area (Å²) in [6.45, 7) is 5.35.